The van der Waals surface area contributed by atoms with Gasteiger partial charge in [-0.2, -0.15) is 0 Å². The number of carbonyl (C=O) groups is 2. The highest BCUT2D eigenvalue weighted by Gasteiger charge is 2.39. The number of amides is 2. The molecule has 34 heavy (non-hydrogen) atoms. The van der Waals surface area contributed by atoms with Gasteiger partial charge in [-0.1, -0.05) is 35.9 Å². The second-order valence-electron chi connectivity index (χ2n) is 9.87. The number of nitrogens with one attached hydrogen (secondary N) is 1. The molecule has 0 aromatic heterocycles. The van der Waals surface area contributed by atoms with Crippen LogP contribution < -0.4 is 10.1 Å². The lowest BCUT2D eigenvalue weighted by Gasteiger charge is -2.38. The average Bonchev–Trinajstić information content (AvgIpc) is 3.56. The number of ether oxygens (including phenoxy) is 2. The van der Waals surface area contributed by atoms with E-state index in [1.807, 2.05) is 12.1 Å². The topological polar surface area (TPSA) is 67.9 Å². The van der Waals surface area contributed by atoms with E-state index in [-0.39, 0.29) is 29.9 Å². The van der Waals surface area contributed by atoms with Crippen molar-refractivity contribution in [2.24, 2.45) is 5.92 Å². The molecule has 6 nitrogen and oxygen atoms in total. The van der Waals surface area contributed by atoms with Gasteiger partial charge in [-0.25, -0.2) is 0 Å². The van der Waals surface area contributed by atoms with Crippen LogP contribution in [-0.4, -0.2) is 48.6 Å². The van der Waals surface area contributed by atoms with Crippen LogP contribution >= 0.6 is 0 Å². The zero-order valence-corrected chi connectivity index (χ0v) is 20.1. The van der Waals surface area contributed by atoms with Gasteiger partial charge in [0.15, 0.2) is 6.10 Å². The number of fused-ring (bicyclic) bond motifs is 1. The van der Waals surface area contributed by atoms with Gasteiger partial charge >= 0.3 is 0 Å². The van der Waals surface area contributed by atoms with Crippen LogP contribution in [0.4, 0.5) is 0 Å². The molecule has 0 radical (unpaired) electrons. The van der Waals surface area contributed by atoms with Crippen LogP contribution in [0, 0.1) is 12.8 Å². The molecule has 0 unspecified atom stereocenters. The summed E-state index contributed by atoms with van der Waals surface area (Å²) in [6.45, 7) is 5.86. The van der Waals surface area contributed by atoms with Gasteiger partial charge in [-0.15, -0.1) is 0 Å². The van der Waals surface area contributed by atoms with E-state index in [0.29, 0.717) is 12.3 Å². The highest BCUT2D eigenvalue weighted by atomic mass is 16.5. The van der Waals surface area contributed by atoms with Crippen molar-refractivity contribution in [3.05, 3.63) is 64.7 Å². The number of benzene rings is 2. The molecule has 2 heterocycles. The molecule has 2 amide bonds. The van der Waals surface area contributed by atoms with Crippen molar-refractivity contribution < 1.29 is 19.1 Å². The summed E-state index contributed by atoms with van der Waals surface area (Å²) < 4.78 is 11.7. The lowest BCUT2D eigenvalue weighted by molar-refractivity contribution is -0.134. The molecule has 6 heteroatoms. The number of carbonyl (C=O) groups excluding carboxylic acids is 2. The number of nitrogens with zero attached hydrogens (tertiary/aromatic N) is 1. The highest BCUT2D eigenvalue weighted by molar-refractivity contribution is 5.82. The fourth-order valence-electron chi connectivity index (χ4n) is 5.09. The zero-order chi connectivity index (χ0) is 23.7. The molecule has 180 valence electrons. The Morgan fingerprint density at radius 1 is 1.18 bits per heavy atom. The van der Waals surface area contributed by atoms with Crippen LogP contribution in [0.3, 0.4) is 0 Å². The Balaban J connectivity index is 1.37. The fourth-order valence-corrected chi connectivity index (χ4v) is 5.09. The highest BCUT2D eigenvalue weighted by Crippen LogP contribution is 2.41. The predicted octanol–water partition coefficient (Wildman–Crippen LogP) is 3.94. The van der Waals surface area contributed by atoms with E-state index < -0.39 is 6.10 Å². The van der Waals surface area contributed by atoms with Crippen LogP contribution in [0.25, 0.3) is 0 Å². The summed E-state index contributed by atoms with van der Waals surface area (Å²) in [7, 11) is 0. The summed E-state index contributed by atoms with van der Waals surface area (Å²) in [5, 5.41) is 2.95. The molecule has 0 spiro atoms. The van der Waals surface area contributed by atoms with Gasteiger partial charge < -0.3 is 19.7 Å². The third-order valence-corrected chi connectivity index (χ3v) is 7.12. The first kappa shape index (κ1) is 22.9. The maximum Gasteiger partial charge on any atom is 0.260 e. The fraction of sp³-hybridized carbons (Fsp3) is 0.500. The zero-order valence-electron chi connectivity index (χ0n) is 20.1. The second-order valence-corrected chi connectivity index (χ2v) is 9.87. The smallest absolute Gasteiger partial charge is 0.260 e. The van der Waals surface area contributed by atoms with Gasteiger partial charge in [0.1, 0.15) is 5.75 Å². The summed E-state index contributed by atoms with van der Waals surface area (Å²) in [6.07, 6.45) is 4.32. The number of rotatable bonds is 7. The van der Waals surface area contributed by atoms with E-state index in [2.05, 4.69) is 47.5 Å². The van der Waals surface area contributed by atoms with Crippen LogP contribution in [-0.2, 0) is 20.7 Å². The minimum atomic E-state index is -0.621. The van der Waals surface area contributed by atoms with Crippen molar-refractivity contribution in [2.45, 2.75) is 64.2 Å². The minimum Gasteiger partial charge on any atom is -0.481 e. The van der Waals surface area contributed by atoms with Crippen molar-refractivity contribution in [1.29, 1.82) is 0 Å². The Labute approximate surface area is 201 Å². The standard InChI is InChI=1S/C28H34N2O4/c1-18-5-3-6-22(15-18)26-25-16-23(34-19(2)27(31)29-17-24-7-4-14-33-24)11-10-20(25)12-13-30(26)28(32)21-8-9-21/h3,5-6,10-11,15-16,19,21,24,26H,4,7-9,12-14,17H2,1-2H3,(H,29,31)/t19-,24+,26+/m0/s1. The Bertz CT molecular complexity index is 1060. The van der Waals surface area contributed by atoms with Crippen molar-refractivity contribution in [1.82, 2.24) is 10.2 Å². The monoisotopic (exact) mass is 462 g/mol. The van der Waals surface area contributed by atoms with E-state index >= 15 is 0 Å². The van der Waals surface area contributed by atoms with Gasteiger partial charge in [0.2, 0.25) is 5.91 Å². The van der Waals surface area contributed by atoms with E-state index in [1.54, 1.807) is 6.92 Å². The Morgan fingerprint density at radius 2 is 2.03 bits per heavy atom. The Hall–Kier alpha value is -2.86. The molecule has 1 saturated heterocycles. The van der Waals surface area contributed by atoms with Crippen molar-refractivity contribution in [2.75, 3.05) is 19.7 Å². The molecular formula is C28H34N2O4. The first-order chi connectivity index (χ1) is 16.5. The third-order valence-electron chi connectivity index (χ3n) is 7.12. The number of hydrogen-bond acceptors (Lipinski definition) is 4. The molecule has 2 fully saturated rings. The Kier molecular flexibility index (Phi) is 6.59. The van der Waals surface area contributed by atoms with Gasteiger partial charge in [0, 0.05) is 25.6 Å². The predicted molar refractivity (Wildman–Crippen MR) is 130 cm³/mol. The van der Waals surface area contributed by atoms with Gasteiger partial charge in [0.25, 0.3) is 5.91 Å². The summed E-state index contributed by atoms with van der Waals surface area (Å²) in [6, 6.07) is 14.3. The number of hydrogen-bond donors (Lipinski definition) is 1. The van der Waals surface area contributed by atoms with Crippen molar-refractivity contribution >= 4 is 11.8 Å². The third kappa shape index (κ3) is 4.97. The SMILES string of the molecule is Cc1cccc([C@@H]2c3cc(O[C@@H](C)C(=O)NC[C@H]4CCCO4)ccc3CCN2C(=O)C2CC2)c1. The summed E-state index contributed by atoms with van der Waals surface area (Å²) in [5.41, 5.74) is 4.62. The van der Waals surface area contributed by atoms with Gasteiger partial charge in [-0.3, -0.25) is 9.59 Å². The van der Waals surface area contributed by atoms with E-state index in [9.17, 15) is 9.59 Å². The van der Waals surface area contributed by atoms with E-state index in [0.717, 1.165) is 56.4 Å². The van der Waals surface area contributed by atoms with Crippen LogP contribution in [0.5, 0.6) is 5.75 Å². The summed E-state index contributed by atoms with van der Waals surface area (Å²) in [5.74, 6) is 0.928. The van der Waals surface area contributed by atoms with Crippen molar-refractivity contribution in [3.8, 4) is 5.75 Å². The van der Waals surface area contributed by atoms with Crippen LogP contribution in [0.2, 0.25) is 0 Å². The molecule has 2 aliphatic heterocycles. The van der Waals surface area contributed by atoms with E-state index in [1.165, 1.54) is 11.1 Å². The maximum atomic E-state index is 13.2. The largest absolute Gasteiger partial charge is 0.481 e. The van der Waals surface area contributed by atoms with Gasteiger partial charge in [-0.05, 0) is 74.8 Å². The normalized spacial score (nSPS) is 22.7. The minimum absolute atomic E-state index is 0.102. The molecule has 3 aliphatic rings. The average molecular weight is 463 g/mol. The number of aryl methyl sites for hydroxylation is 1. The second kappa shape index (κ2) is 9.79. The molecular weight excluding hydrogens is 428 g/mol. The van der Waals surface area contributed by atoms with Crippen LogP contribution in [0.1, 0.15) is 60.9 Å². The van der Waals surface area contributed by atoms with Crippen LogP contribution in [0.15, 0.2) is 42.5 Å². The molecule has 3 atom stereocenters. The summed E-state index contributed by atoms with van der Waals surface area (Å²) >= 11 is 0. The first-order valence-corrected chi connectivity index (χ1v) is 12.6. The lowest BCUT2D eigenvalue weighted by Crippen LogP contribution is -2.41. The van der Waals surface area contributed by atoms with Gasteiger partial charge in [0.05, 0.1) is 12.1 Å². The molecule has 5 rings (SSSR count). The molecule has 1 saturated carbocycles. The maximum absolute atomic E-state index is 13.2. The summed E-state index contributed by atoms with van der Waals surface area (Å²) in [4.78, 5) is 27.9. The van der Waals surface area contributed by atoms with E-state index in [4.69, 9.17) is 9.47 Å². The van der Waals surface area contributed by atoms with Crippen molar-refractivity contribution in [3.63, 3.8) is 0 Å². The molecule has 2 aromatic rings. The molecule has 0 bridgehead atoms. The molecule has 1 aliphatic carbocycles. The molecule has 1 N–H and O–H groups in total. The lowest BCUT2D eigenvalue weighted by atomic mass is 9.87. The quantitative estimate of drug-likeness (QED) is 0.677. The molecule has 2 aromatic carbocycles. The first-order valence-electron chi connectivity index (χ1n) is 12.6. The Morgan fingerprint density at radius 3 is 2.76 bits per heavy atom.